The summed E-state index contributed by atoms with van der Waals surface area (Å²) in [5, 5.41) is 7.37. The van der Waals surface area contributed by atoms with Crippen molar-refractivity contribution in [1.82, 2.24) is 10.1 Å². The number of fused-ring (bicyclic) bond motifs is 1. The van der Waals surface area contributed by atoms with Crippen molar-refractivity contribution in [2.45, 2.75) is 38.5 Å². The Labute approximate surface area is 180 Å². The highest BCUT2D eigenvalue weighted by Gasteiger charge is 2.25. The lowest BCUT2D eigenvalue weighted by molar-refractivity contribution is 0.0672. The summed E-state index contributed by atoms with van der Waals surface area (Å²) in [6, 6.07) is 14.5. The SMILES string of the molecule is Fc1cccc(Nc2noc3c2CN(Cc2ccccc2OC[C@H]2CCCO2)CC3)c1. The molecule has 1 fully saturated rings. The van der Waals surface area contributed by atoms with Gasteiger partial charge in [0.1, 0.15) is 23.9 Å². The summed E-state index contributed by atoms with van der Waals surface area (Å²) in [5.41, 5.74) is 2.83. The zero-order chi connectivity index (χ0) is 21.0. The summed E-state index contributed by atoms with van der Waals surface area (Å²) in [6.07, 6.45) is 3.15. The van der Waals surface area contributed by atoms with Crippen molar-refractivity contribution in [2.24, 2.45) is 0 Å². The molecule has 31 heavy (non-hydrogen) atoms. The van der Waals surface area contributed by atoms with Crippen LogP contribution >= 0.6 is 0 Å². The van der Waals surface area contributed by atoms with Gasteiger partial charge in [0.05, 0.1) is 11.7 Å². The van der Waals surface area contributed by atoms with Crippen LogP contribution in [0.1, 0.15) is 29.7 Å². The first kappa shape index (κ1) is 20.0. The van der Waals surface area contributed by atoms with Crippen molar-refractivity contribution < 1.29 is 18.4 Å². The molecule has 162 valence electrons. The fourth-order valence-electron chi connectivity index (χ4n) is 4.18. The molecule has 1 saturated heterocycles. The molecule has 5 rings (SSSR count). The van der Waals surface area contributed by atoms with Crippen LogP contribution in [0.4, 0.5) is 15.9 Å². The minimum absolute atomic E-state index is 0.194. The number of halogens is 1. The topological polar surface area (TPSA) is 59.8 Å². The first-order valence-electron chi connectivity index (χ1n) is 10.8. The van der Waals surface area contributed by atoms with Gasteiger partial charge in [0.2, 0.25) is 0 Å². The number of nitrogens with one attached hydrogen (secondary N) is 1. The first-order valence-corrected chi connectivity index (χ1v) is 10.8. The molecule has 2 aliphatic heterocycles. The lowest BCUT2D eigenvalue weighted by atomic mass is 10.1. The Kier molecular flexibility index (Phi) is 5.86. The Morgan fingerprint density at radius 1 is 1.19 bits per heavy atom. The maximum Gasteiger partial charge on any atom is 0.178 e. The summed E-state index contributed by atoms with van der Waals surface area (Å²) in [6.45, 7) is 3.77. The van der Waals surface area contributed by atoms with Gasteiger partial charge in [0, 0.05) is 43.9 Å². The maximum absolute atomic E-state index is 13.5. The smallest absolute Gasteiger partial charge is 0.178 e. The van der Waals surface area contributed by atoms with Crippen molar-refractivity contribution in [3.63, 3.8) is 0 Å². The van der Waals surface area contributed by atoms with E-state index in [-0.39, 0.29) is 11.9 Å². The van der Waals surface area contributed by atoms with Gasteiger partial charge in [-0.05, 0) is 37.1 Å². The van der Waals surface area contributed by atoms with E-state index in [4.69, 9.17) is 14.0 Å². The normalized spacial score (nSPS) is 18.7. The second-order valence-electron chi connectivity index (χ2n) is 8.08. The summed E-state index contributed by atoms with van der Waals surface area (Å²) >= 11 is 0. The highest BCUT2D eigenvalue weighted by atomic mass is 19.1. The predicted octanol–water partition coefficient (Wildman–Crippen LogP) is 4.67. The van der Waals surface area contributed by atoms with Crippen LogP contribution in [0.25, 0.3) is 0 Å². The van der Waals surface area contributed by atoms with Crippen LogP contribution in [-0.2, 0) is 24.2 Å². The molecule has 0 unspecified atom stereocenters. The van der Waals surface area contributed by atoms with E-state index in [0.717, 1.165) is 61.6 Å². The average molecular weight is 423 g/mol. The number of nitrogens with zero attached hydrogens (tertiary/aromatic N) is 2. The minimum atomic E-state index is -0.288. The van der Waals surface area contributed by atoms with E-state index in [2.05, 4.69) is 21.4 Å². The Hall–Kier alpha value is -2.90. The van der Waals surface area contributed by atoms with E-state index in [1.54, 1.807) is 6.07 Å². The molecule has 0 saturated carbocycles. The van der Waals surface area contributed by atoms with Crippen LogP contribution in [0.3, 0.4) is 0 Å². The molecular weight excluding hydrogens is 397 g/mol. The highest BCUT2D eigenvalue weighted by Crippen LogP contribution is 2.30. The molecule has 1 atom stereocenters. The monoisotopic (exact) mass is 423 g/mol. The van der Waals surface area contributed by atoms with E-state index in [1.165, 1.54) is 12.1 Å². The van der Waals surface area contributed by atoms with Crippen LogP contribution in [0.15, 0.2) is 53.1 Å². The molecule has 0 spiro atoms. The van der Waals surface area contributed by atoms with Gasteiger partial charge in [0.15, 0.2) is 5.82 Å². The maximum atomic E-state index is 13.5. The first-order chi connectivity index (χ1) is 15.2. The number of benzene rings is 2. The quantitative estimate of drug-likeness (QED) is 0.596. The molecule has 3 aromatic rings. The van der Waals surface area contributed by atoms with Crippen molar-refractivity contribution in [2.75, 3.05) is 25.1 Å². The lowest BCUT2D eigenvalue weighted by Crippen LogP contribution is -2.30. The van der Waals surface area contributed by atoms with Crippen molar-refractivity contribution in [3.05, 3.63) is 71.2 Å². The largest absolute Gasteiger partial charge is 0.491 e. The summed E-state index contributed by atoms with van der Waals surface area (Å²) < 4.78 is 30.8. The summed E-state index contributed by atoms with van der Waals surface area (Å²) in [4.78, 5) is 2.35. The van der Waals surface area contributed by atoms with Gasteiger partial charge in [-0.15, -0.1) is 0 Å². The van der Waals surface area contributed by atoms with Crippen LogP contribution in [0, 0.1) is 5.82 Å². The summed E-state index contributed by atoms with van der Waals surface area (Å²) in [5.74, 6) is 2.15. The van der Waals surface area contributed by atoms with Crippen molar-refractivity contribution >= 4 is 11.5 Å². The standard InChI is InChI=1S/C24H26FN3O3/c25-18-6-3-7-19(13-18)26-24-21-15-28(11-10-23(21)31-27-24)14-17-5-1-2-9-22(17)30-16-20-8-4-12-29-20/h1-3,5-7,9,13,20H,4,8,10-12,14-16H2,(H,26,27)/t20-/m1/s1. The molecule has 0 amide bonds. The number of hydrogen-bond donors (Lipinski definition) is 1. The Morgan fingerprint density at radius 2 is 2.13 bits per heavy atom. The van der Waals surface area contributed by atoms with Crippen molar-refractivity contribution in [3.8, 4) is 5.75 Å². The van der Waals surface area contributed by atoms with E-state index in [0.29, 0.717) is 24.7 Å². The van der Waals surface area contributed by atoms with Crippen LogP contribution in [0.5, 0.6) is 5.75 Å². The molecule has 2 aliphatic rings. The lowest BCUT2D eigenvalue weighted by Gasteiger charge is -2.27. The fourth-order valence-corrected chi connectivity index (χ4v) is 4.18. The van der Waals surface area contributed by atoms with Gasteiger partial charge in [-0.3, -0.25) is 4.90 Å². The molecule has 6 nitrogen and oxygen atoms in total. The molecule has 2 aromatic carbocycles. The van der Waals surface area contributed by atoms with E-state index in [1.807, 2.05) is 24.3 Å². The number of ether oxygens (including phenoxy) is 2. The number of anilines is 2. The zero-order valence-corrected chi connectivity index (χ0v) is 17.4. The van der Waals surface area contributed by atoms with Gasteiger partial charge in [-0.2, -0.15) is 0 Å². The Balaban J connectivity index is 1.26. The Bertz CT molecular complexity index is 1030. The third-order valence-electron chi connectivity index (χ3n) is 5.81. The molecule has 1 aromatic heterocycles. The minimum Gasteiger partial charge on any atom is -0.491 e. The molecule has 0 aliphatic carbocycles. The number of aromatic nitrogens is 1. The van der Waals surface area contributed by atoms with Crippen LogP contribution in [0.2, 0.25) is 0 Å². The van der Waals surface area contributed by atoms with Gasteiger partial charge in [-0.25, -0.2) is 4.39 Å². The molecule has 7 heteroatoms. The van der Waals surface area contributed by atoms with Gasteiger partial charge in [-0.1, -0.05) is 29.4 Å². The predicted molar refractivity (Wildman–Crippen MR) is 115 cm³/mol. The van der Waals surface area contributed by atoms with Gasteiger partial charge in [0.25, 0.3) is 0 Å². The third kappa shape index (κ3) is 4.73. The molecule has 0 radical (unpaired) electrons. The number of rotatable bonds is 7. The molecular formula is C24H26FN3O3. The Morgan fingerprint density at radius 3 is 3.00 bits per heavy atom. The zero-order valence-electron chi connectivity index (χ0n) is 17.4. The summed E-state index contributed by atoms with van der Waals surface area (Å²) in [7, 11) is 0. The third-order valence-corrected chi connectivity index (χ3v) is 5.81. The highest BCUT2D eigenvalue weighted by molar-refractivity contribution is 5.60. The van der Waals surface area contributed by atoms with Crippen LogP contribution in [-0.4, -0.2) is 35.9 Å². The number of hydrogen-bond acceptors (Lipinski definition) is 6. The van der Waals surface area contributed by atoms with E-state index < -0.39 is 0 Å². The average Bonchev–Trinajstić information content (AvgIpc) is 3.44. The molecule has 0 bridgehead atoms. The van der Waals surface area contributed by atoms with Crippen LogP contribution < -0.4 is 10.1 Å². The van der Waals surface area contributed by atoms with Crippen molar-refractivity contribution in [1.29, 1.82) is 0 Å². The van der Waals surface area contributed by atoms with Gasteiger partial charge < -0.3 is 19.3 Å². The van der Waals surface area contributed by atoms with E-state index >= 15 is 0 Å². The second kappa shape index (κ2) is 9.08. The van der Waals surface area contributed by atoms with Gasteiger partial charge >= 0.3 is 0 Å². The fraction of sp³-hybridized carbons (Fsp3) is 0.375. The molecule has 1 N–H and O–H groups in total. The second-order valence-corrected chi connectivity index (χ2v) is 8.08. The number of para-hydroxylation sites is 1. The van der Waals surface area contributed by atoms with E-state index in [9.17, 15) is 4.39 Å². The molecule has 3 heterocycles.